The number of carbonyl (C=O) groups is 3. The van der Waals surface area contributed by atoms with E-state index in [1.165, 1.54) is 25.3 Å². The second-order valence-electron chi connectivity index (χ2n) is 9.01. The van der Waals surface area contributed by atoms with Gasteiger partial charge in [-0.2, -0.15) is 0 Å². The van der Waals surface area contributed by atoms with Gasteiger partial charge in [-0.1, -0.05) is 36.4 Å². The van der Waals surface area contributed by atoms with Crippen molar-refractivity contribution in [2.75, 3.05) is 12.0 Å². The minimum absolute atomic E-state index is 0.0912. The number of fused-ring (bicyclic) bond motifs is 5. The summed E-state index contributed by atoms with van der Waals surface area (Å²) in [6.45, 7) is 0. The number of amides is 2. The van der Waals surface area contributed by atoms with Crippen molar-refractivity contribution in [3.8, 4) is 5.75 Å². The van der Waals surface area contributed by atoms with E-state index in [0.717, 1.165) is 16.0 Å². The molecule has 2 saturated heterocycles. The Bertz CT molecular complexity index is 1470. The predicted molar refractivity (Wildman–Crippen MR) is 135 cm³/mol. The zero-order chi connectivity index (χ0) is 25.1. The van der Waals surface area contributed by atoms with Crippen molar-refractivity contribution < 1.29 is 23.5 Å². The van der Waals surface area contributed by atoms with Crippen LogP contribution in [0.25, 0.3) is 6.08 Å². The molecule has 180 valence electrons. The number of imide groups is 1. The lowest BCUT2D eigenvalue weighted by molar-refractivity contribution is -0.123. The number of rotatable bonds is 4. The number of benzene rings is 3. The molecule has 6 nitrogen and oxygen atoms in total. The Morgan fingerprint density at radius 1 is 0.972 bits per heavy atom. The van der Waals surface area contributed by atoms with Gasteiger partial charge in [-0.25, -0.2) is 9.29 Å². The first kappa shape index (κ1) is 22.7. The summed E-state index contributed by atoms with van der Waals surface area (Å²) in [4.78, 5) is 44.4. The molecule has 0 saturated carbocycles. The number of nitrogens with zero attached hydrogens (tertiary/aromatic N) is 2. The van der Waals surface area contributed by atoms with Crippen molar-refractivity contribution in [3.05, 3.63) is 99.9 Å². The largest absolute Gasteiger partial charge is 0.496 e. The van der Waals surface area contributed by atoms with Crippen LogP contribution in [0.15, 0.2) is 77.4 Å². The number of methoxy groups -OCH3 is 1. The van der Waals surface area contributed by atoms with Gasteiger partial charge in [0.05, 0.1) is 35.1 Å². The van der Waals surface area contributed by atoms with Gasteiger partial charge < -0.3 is 9.64 Å². The van der Waals surface area contributed by atoms with Crippen LogP contribution in [-0.2, 0) is 9.59 Å². The van der Waals surface area contributed by atoms with E-state index < -0.39 is 41.6 Å². The minimum Gasteiger partial charge on any atom is -0.496 e. The highest BCUT2D eigenvalue weighted by Gasteiger charge is 2.64. The Hall–Kier alpha value is -3.78. The molecule has 2 amide bonds. The Balaban J connectivity index is 1.50. The van der Waals surface area contributed by atoms with Crippen molar-refractivity contribution in [2.24, 2.45) is 11.8 Å². The highest BCUT2D eigenvalue weighted by molar-refractivity contribution is 9.10. The predicted octanol–water partition coefficient (Wildman–Crippen LogP) is 5.00. The van der Waals surface area contributed by atoms with Crippen LogP contribution < -0.4 is 9.64 Å². The molecule has 3 aliphatic heterocycles. The average Bonchev–Trinajstić information content (AvgIpc) is 3.36. The van der Waals surface area contributed by atoms with Crippen LogP contribution in [0, 0.1) is 17.7 Å². The fourth-order valence-electron chi connectivity index (χ4n) is 5.72. The molecule has 3 heterocycles. The summed E-state index contributed by atoms with van der Waals surface area (Å²) in [7, 11) is 1.53. The Morgan fingerprint density at radius 2 is 1.69 bits per heavy atom. The molecule has 0 aliphatic carbocycles. The van der Waals surface area contributed by atoms with E-state index >= 15 is 0 Å². The fraction of sp³-hybridized carbons (Fsp3) is 0.179. The first-order chi connectivity index (χ1) is 17.4. The summed E-state index contributed by atoms with van der Waals surface area (Å²) in [5, 5.41) is 0. The summed E-state index contributed by atoms with van der Waals surface area (Å²) in [6, 6.07) is 16.8. The minimum atomic E-state index is -0.966. The van der Waals surface area contributed by atoms with Crippen LogP contribution in [0.2, 0.25) is 0 Å². The number of ketones is 1. The lowest BCUT2D eigenvalue weighted by Gasteiger charge is -2.35. The zero-order valence-electron chi connectivity index (χ0n) is 19.1. The lowest BCUT2D eigenvalue weighted by atomic mass is 9.83. The molecule has 0 aromatic heterocycles. The van der Waals surface area contributed by atoms with Gasteiger partial charge in [-0.3, -0.25) is 14.4 Å². The van der Waals surface area contributed by atoms with Gasteiger partial charge in [0.15, 0.2) is 5.78 Å². The van der Waals surface area contributed by atoms with Crippen molar-refractivity contribution in [1.29, 1.82) is 0 Å². The van der Waals surface area contributed by atoms with E-state index in [4.69, 9.17) is 4.74 Å². The summed E-state index contributed by atoms with van der Waals surface area (Å²) in [5.41, 5.74) is 2.07. The highest BCUT2D eigenvalue weighted by Crippen LogP contribution is 2.54. The molecule has 6 rings (SSSR count). The highest BCUT2D eigenvalue weighted by atomic mass is 79.9. The Labute approximate surface area is 215 Å². The molecule has 3 aromatic rings. The summed E-state index contributed by atoms with van der Waals surface area (Å²) < 4.78 is 20.6. The van der Waals surface area contributed by atoms with Gasteiger partial charge in [-0.15, -0.1) is 0 Å². The number of anilines is 1. The van der Waals surface area contributed by atoms with E-state index in [9.17, 15) is 18.8 Å². The maximum absolute atomic E-state index is 14.7. The van der Waals surface area contributed by atoms with Gasteiger partial charge in [0.1, 0.15) is 17.6 Å². The zero-order valence-corrected chi connectivity index (χ0v) is 20.7. The molecule has 3 aliphatic rings. The van der Waals surface area contributed by atoms with E-state index in [1.54, 1.807) is 30.5 Å². The number of hydrogen-bond acceptors (Lipinski definition) is 5. The normalized spacial score (nSPS) is 24.0. The fourth-order valence-corrected chi connectivity index (χ4v) is 6.26. The van der Waals surface area contributed by atoms with Gasteiger partial charge in [0, 0.05) is 11.8 Å². The Morgan fingerprint density at radius 3 is 2.44 bits per heavy atom. The molecule has 0 radical (unpaired) electrons. The number of carbonyl (C=O) groups excluding carboxylic acids is 3. The molecule has 0 spiro atoms. The van der Waals surface area contributed by atoms with Crippen molar-refractivity contribution in [3.63, 3.8) is 0 Å². The third-order valence-electron chi connectivity index (χ3n) is 7.26. The summed E-state index contributed by atoms with van der Waals surface area (Å²) in [6.07, 6.45) is 3.68. The van der Waals surface area contributed by atoms with Crippen LogP contribution in [0.3, 0.4) is 0 Å². The summed E-state index contributed by atoms with van der Waals surface area (Å²) in [5.74, 6) is -3.26. The third kappa shape index (κ3) is 3.17. The second-order valence-corrected chi connectivity index (χ2v) is 9.86. The van der Waals surface area contributed by atoms with Crippen LogP contribution in [0.5, 0.6) is 5.75 Å². The molecule has 0 N–H and O–H groups in total. The van der Waals surface area contributed by atoms with Gasteiger partial charge in [0.25, 0.3) is 0 Å². The van der Waals surface area contributed by atoms with E-state index in [2.05, 4.69) is 15.9 Å². The molecular weight excluding hydrogens is 527 g/mol. The first-order valence-electron chi connectivity index (χ1n) is 11.5. The maximum Gasteiger partial charge on any atom is 0.240 e. The SMILES string of the molecule is COc1ccc(C(=O)C2C3C(=O)N(c4ccccc4F)C(=O)C3C3c4ccccc4C=CN23)cc1Br. The number of hydrogen-bond donors (Lipinski definition) is 0. The molecule has 8 heteroatoms. The maximum atomic E-state index is 14.7. The smallest absolute Gasteiger partial charge is 0.240 e. The van der Waals surface area contributed by atoms with Crippen LogP contribution in [-0.4, -0.2) is 35.6 Å². The van der Waals surface area contributed by atoms with Gasteiger partial charge >= 0.3 is 0 Å². The van der Waals surface area contributed by atoms with E-state index in [-0.39, 0.29) is 11.5 Å². The van der Waals surface area contributed by atoms with Crippen LogP contribution >= 0.6 is 15.9 Å². The molecule has 2 fully saturated rings. The Kier molecular flexibility index (Phi) is 5.30. The molecule has 3 aromatic carbocycles. The van der Waals surface area contributed by atoms with Crippen molar-refractivity contribution >= 4 is 45.3 Å². The van der Waals surface area contributed by atoms with Crippen molar-refractivity contribution in [1.82, 2.24) is 4.90 Å². The monoisotopic (exact) mass is 546 g/mol. The van der Waals surface area contributed by atoms with Gasteiger partial charge in [0.2, 0.25) is 11.8 Å². The number of para-hydroxylation sites is 1. The van der Waals surface area contributed by atoms with Crippen molar-refractivity contribution in [2.45, 2.75) is 12.1 Å². The quantitative estimate of drug-likeness (QED) is 0.340. The number of ether oxygens (including phenoxy) is 1. The molecule has 4 unspecified atom stereocenters. The lowest BCUT2D eigenvalue weighted by Crippen LogP contribution is -2.44. The topological polar surface area (TPSA) is 66.9 Å². The number of Topliss-reactive ketones (excluding diaryl/α,β-unsaturated/α-hetero) is 1. The van der Waals surface area contributed by atoms with E-state index in [0.29, 0.717) is 15.8 Å². The molecule has 4 atom stereocenters. The standard InChI is InChI=1S/C28H20BrFN2O4/c1-36-21-11-10-16(14-18(21)29)26(33)25-23-22(24-17-7-3-2-6-15(17)12-13-31(24)25)27(34)32(28(23)35)20-9-5-4-8-19(20)30/h2-14,22-25H,1H3. The van der Waals surface area contributed by atoms with Crippen LogP contribution in [0.1, 0.15) is 27.5 Å². The third-order valence-corrected chi connectivity index (χ3v) is 7.88. The first-order valence-corrected chi connectivity index (χ1v) is 12.3. The number of halogens is 2. The molecule has 36 heavy (non-hydrogen) atoms. The van der Waals surface area contributed by atoms with E-state index in [1.807, 2.05) is 35.2 Å². The van der Waals surface area contributed by atoms with Crippen LogP contribution in [0.4, 0.5) is 10.1 Å². The second kappa shape index (κ2) is 8.41. The average molecular weight is 547 g/mol. The molecule has 0 bridgehead atoms. The molecular formula is C28H20BrFN2O4. The van der Waals surface area contributed by atoms with Gasteiger partial charge in [-0.05, 0) is 63.5 Å². The summed E-state index contributed by atoms with van der Waals surface area (Å²) >= 11 is 3.42.